The summed E-state index contributed by atoms with van der Waals surface area (Å²) < 4.78 is 5.11. The standard InChI is InChI=1S/C28H31N3O4/c1-28(2,3)35-27(34)30-19-24(32)31-23-16-14-20(15-17-23)18-29-26(33)25(21-10-6-4-7-11-21)22-12-8-5-9-13-22/h4-17,25H,18-19H2,1-3H3,(H,29,33)(H,30,34)(H,31,32). The topological polar surface area (TPSA) is 96.5 Å². The summed E-state index contributed by atoms with van der Waals surface area (Å²) in [6.07, 6.45) is -0.650. The van der Waals surface area contributed by atoms with Crippen LogP contribution in [0.5, 0.6) is 0 Å². The maximum atomic E-state index is 13.1. The first kappa shape index (κ1) is 25.5. The van der Waals surface area contributed by atoms with Crippen LogP contribution in [-0.4, -0.2) is 30.1 Å². The third kappa shape index (κ3) is 8.30. The lowest BCUT2D eigenvalue weighted by atomic mass is 9.90. The molecular weight excluding hydrogens is 442 g/mol. The molecule has 7 heteroatoms. The fraction of sp³-hybridized carbons (Fsp3) is 0.250. The van der Waals surface area contributed by atoms with Gasteiger partial charge in [0.2, 0.25) is 11.8 Å². The number of ether oxygens (including phenoxy) is 1. The van der Waals surface area contributed by atoms with E-state index in [0.29, 0.717) is 12.2 Å². The van der Waals surface area contributed by atoms with Crippen LogP contribution in [0.3, 0.4) is 0 Å². The largest absolute Gasteiger partial charge is 0.444 e. The Hall–Kier alpha value is -4.13. The predicted octanol–water partition coefficient (Wildman–Crippen LogP) is 4.60. The van der Waals surface area contributed by atoms with Gasteiger partial charge in [-0.25, -0.2) is 4.79 Å². The van der Waals surface area contributed by atoms with Crippen LogP contribution in [0.15, 0.2) is 84.9 Å². The van der Waals surface area contributed by atoms with Crippen molar-refractivity contribution in [2.45, 2.75) is 38.8 Å². The molecule has 3 aromatic rings. The molecule has 3 N–H and O–H groups in total. The summed E-state index contributed by atoms with van der Waals surface area (Å²) in [6.45, 7) is 5.40. The number of anilines is 1. The smallest absolute Gasteiger partial charge is 0.408 e. The molecule has 7 nitrogen and oxygen atoms in total. The minimum absolute atomic E-state index is 0.0898. The molecular formula is C28H31N3O4. The average Bonchev–Trinajstić information content (AvgIpc) is 2.83. The zero-order valence-electron chi connectivity index (χ0n) is 20.2. The summed E-state index contributed by atoms with van der Waals surface area (Å²) in [5.74, 6) is -0.869. The van der Waals surface area contributed by atoms with Gasteiger partial charge in [0.25, 0.3) is 0 Å². The fourth-order valence-corrected chi connectivity index (χ4v) is 3.46. The molecule has 0 aliphatic rings. The molecule has 0 aliphatic carbocycles. The highest BCUT2D eigenvalue weighted by atomic mass is 16.6. The van der Waals surface area contributed by atoms with Crippen molar-refractivity contribution in [1.29, 1.82) is 0 Å². The maximum absolute atomic E-state index is 13.1. The minimum atomic E-state index is -0.650. The molecule has 0 atom stereocenters. The van der Waals surface area contributed by atoms with Crippen molar-refractivity contribution in [2.24, 2.45) is 0 Å². The molecule has 0 bridgehead atoms. The summed E-state index contributed by atoms with van der Waals surface area (Å²) in [6, 6.07) is 26.5. The molecule has 0 heterocycles. The molecule has 0 fully saturated rings. The number of carbonyl (C=O) groups is 3. The third-order valence-electron chi connectivity index (χ3n) is 5.02. The third-order valence-corrected chi connectivity index (χ3v) is 5.02. The molecule has 182 valence electrons. The first-order valence-electron chi connectivity index (χ1n) is 11.4. The van der Waals surface area contributed by atoms with E-state index < -0.39 is 17.6 Å². The normalized spacial score (nSPS) is 11.0. The SMILES string of the molecule is CC(C)(C)OC(=O)NCC(=O)Nc1ccc(CNC(=O)C(c2ccccc2)c2ccccc2)cc1. The maximum Gasteiger partial charge on any atom is 0.408 e. The van der Waals surface area contributed by atoms with E-state index in [1.165, 1.54) is 0 Å². The minimum Gasteiger partial charge on any atom is -0.444 e. The van der Waals surface area contributed by atoms with Crippen molar-refractivity contribution < 1.29 is 19.1 Å². The van der Waals surface area contributed by atoms with Gasteiger partial charge in [-0.1, -0.05) is 72.8 Å². The van der Waals surface area contributed by atoms with Crippen LogP contribution in [-0.2, 0) is 20.9 Å². The Labute approximate surface area is 205 Å². The molecule has 0 saturated carbocycles. The van der Waals surface area contributed by atoms with Crippen LogP contribution in [0.2, 0.25) is 0 Å². The highest BCUT2D eigenvalue weighted by Crippen LogP contribution is 2.25. The predicted molar refractivity (Wildman–Crippen MR) is 136 cm³/mol. The van der Waals surface area contributed by atoms with Crippen LogP contribution in [0.4, 0.5) is 10.5 Å². The Morgan fingerprint density at radius 2 is 1.31 bits per heavy atom. The van der Waals surface area contributed by atoms with Crippen LogP contribution < -0.4 is 16.0 Å². The molecule has 0 saturated heterocycles. The van der Waals surface area contributed by atoms with Gasteiger partial charge in [0.05, 0.1) is 5.92 Å². The quantitative estimate of drug-likeness (QED) is 0.446. The zero-order valence-corrected chi connectivity index (χ0v) is 20.2. The van der Waals surface area contributed by atoms with Crippen molar-refractivity contribution >= 4 is 23.6 Å². The number of benzene rings is 3. The molecule has 35 heavy (non-hydrogen) atoms. The Bertz CT molecular complexity index is 1080. The van der Waals surface area contributed by atoms with Gasteiger partial charge in [-0.3, -0.25) is 9.59 Å². The second-order valence-corrected chi connectivity index (χ2v) is 9.07. The lowest BCUT2D eigenvalue weighted by molar-refractivity contribution is -0.121. The highest BCUT2D eigenvalue weighted by Gasteiger charge is 2.22. The van der Waals surface area contributed by atoms with Crippen molar-refractivity contribution in [3.05, 3.63) is 102 Å². The van der Waals surface area contributed by atoms with Gasteiger partial charge in [0.15, 0.2) is 0 Å². The number of alkyl carbamates (subject to hydrolysis) is 1. The molecule has 0 aliphatic heterocycles. The molecule has 0 radical (unpaired) electrons. The van der Waals surface area contributed by atoms with Crippen molar-refractivity contribution in [2.75, 3.05) is 11.9 Å². The first-order valence-corrected chi connectivity index (χ1v) is 11.4. The van der Waals surface area contributed by atoms with E-state index in [0.717, 1.165) is 16.7 Å². The van der Waals surface area contributed by atoms with Gasteiger partial charge in [0, 0.05) is 12.2 Å². The van der Waals surface area contributed by atoms with Gasteiger partial charge < -0.3 is 20.7 Å². The summed E-state index contributed by atoms with van der Waals surface area (Å²) in [5.41, 5.74) is 2.70. The van der Waals surface area contributed by atoms with Crippen LogP contribution in [0.1, 0.15) is 43.4 Å². The first-order chi connectivity index (χ1) is 16.7. The van der Waals surface area contributed by atoms with E-state index in [1.807, 2.05) is 72.8 Å². The highest BCUT2D eigenvalue weighted by molar-refractivity contribution is 5.93. The summed E-state index contributed by atoms with van der Waals surface area (Å²) in [4.78, 5) is 36.9. The monoisotopic (exact) mass is 473 g/mol. The molecule has 0 unspecified atom stereocenters. The van der Waals surface area contributed by atoms with Gasteiger partial charge in [0.1, 0.15) is 12.1 Å². The summed E-state index contributed by atoms with van der Waals surface area (Å²) >= 11 is 0. The second kappa shape index (κ2) is 11.8. The Balaban J connectivity index is 1.54. The fourth-order valence-electron chi connectivity index (χ4n) is 3.46. The second-order valence-electron chi connectivity index (χ2n) is 9.07. The number of rotatable bonds is 8. The van der Waals surface area contributed by atoms with Gasteiger partial charge in [-0.05, 0) is 49.6 Å². The van der Waals surface area contributed by atoms with Crippen molar-refractivity contribution in [1.82, 2.24) is 10.6 Å². The van der Waals surface area contributed by atoms with E-state index in [4.69, 9.17) is 4.74 Å². The Morgan fingerprint density at radius 3 is 1.83 bits per heavy atom. The number of nitrogens with one attached hydrogen (secondary N) is 3. The van der Waals surface area contributed by atoms with E-state index in [2.05, 4.69) is 16.0 Å². The molecule has 3 rings (SSSR count). The number of hydrogen-bond acceptors (Lipinski definition) is 4. The molecule has 0 spiro atoms. The van der Waals surface area contributed by atoms with E-state index in [9.17, 15) is 14.4 Å². The zero-order chi connectivity index (χ0) is 25.3. The van der Waals surface area contributed by atoms with E-state index in [1.54, 1.807) is 32.9 Å². The van der Waals surface area contributed by atoms with Crippen LogP contribution in [0.25, 0.3) is 0 Å². The molecule has 3 aromatic carbocycles. The van der Waals surface area contributed by atoms with Gasteiger partial charge in [-0.15, -0.1) is 0 Å². The van der Waals surface area contributed by atoms with Crippen molar-refractivity contribution in [3.63, 3.8) is 0 Å². The number of amides is 3. The van der Waals surface area contributed by atoms with Gasteiger partial charge >= 0.3 is 6.09 Å². The van der Waals surface area contributed by atoms with Crippen molar-refractivity contribution in [3.8, 4) is 0 Å². The van der Waals surface area contributed by atoms with Crippen LogP contribution >= 0.6 is 0 Å². The average molecular weight is 474 g/mol. The van der Waals surface area contributed by atoms with E-state index in [-0.39, 0.29) is 18.4 Å². The molecule has 3 amide bonds. The van der Waals surface area contributed by atoms with Gasteiger partial charge in [-0.2, -0.15) is 0 Å². The lowest BCUT2D eigenvalue weighted by Gasteiger charge is -2.19. The summed E-state index contributed by atoms with van der Waals surface area (Å²) in [7, 11) is 0. The lowest BCUT2D eigenvalue weighted by Crippen LogP contribution is -2.37. The van der Waals surface area contributed by atoms with E-state index >= 15 is 0 Å². The number of hydrogen-bond donors (Lipinski definition) is 3. The van der Waals surface area contributed by atoms with Crippen LogP contribution in [0, 0.1) is 0 Å². The Kier molecular flexibility index (Phi) is 8.62. The molecule has 0 aromatic heterocycles. The summed E-state index contributed by atoms with van der Waals surface area (Å²) in [5, 5.41) is 8.16. The number of carbonyl (C=O) groups excluding carboxylic acids is 3. The Morgan fingerprint density at radius 1 is 0.771 bits per heavy atom.